The largest absolute Gasteiger partial charge is 0.466 e. The highest BCUT2D eigenvalue weighted by molar-refractivity contribution is 5.75. The zero-order valence-electron chi connectivity index (χ0n) is 10.4. The maximum absolute atomic E-state index is 12.0. The van der Waals surface area contributed by atoms with E-state index in [0.717, 1.165) is 6.54 Å². The molecule has 2 atom stereocenters. The summed E-state index contributed by atoms with van der Waals surface area (Å²) in [5.74, 6) is -0.186. The van der Waals surface area contributed by atoms with Gasteiger partial charge in [0, 0.05) is 18.5 Å². The van der Waals surface area contributed by atoms with Crippen molar-refractivity contribution in [3.8, 4) is 0 Å². The van der Waals surface area contributed by atoms with Crippen molar-refractivity contribution in [1.29, 1.82) is 0 Å². The van der Waals surface area contributed by atoms with Gasteiger partial charge in [-0.2, -0.15) is 0 Å². The van der Waals surface area contributed by atoms with E-state index in [-0.39, 0.29) is 17.3 Å². The van der Waals surface area contributed by atoms with E-state index in [4.69, 9.17) is 4.74 Å². The topological polar surface area (TPSA) is 38.3 Å². The fourth-order valence-electron chi connectivity index (χ4n) is 2.53. The fraction of sp³-hybridized carbons (Fsp3) is 0.500. The molecule has 1 saturated heterocycles. The highest BCUT2D eigenvalue weighted by Gasteiger charge is 2.45. The van der Waals surface area contributed by atoms with E-state index in [1.165, 1.54) is 5.56 Å². The molecule has 2 unspecified atom stereocenters. The van der Waals surface area contributed by atoms with Crippen LogP contribution in [0.2, 0.25) is 0 Å². The third-order valence-corrected chi connectivity index (χ3v) is 3.61. The standard InChI is InChI=1S/C14H19NO2/c1-3-17-13(16)12-9-15-10-14(12,2)11-7-5-4-6-8-11/h4-8,12,15H,3,9-10H2,1-2H3. The second-order valence-corrected chi connectivity index (χ2v) is 4.72. The number of hydrogen-bond donors (Lipinski definition) is 1. The zero-order valence-corrected chi connectivity index (χ0v) is 10.4. The summed E-state index contributed by atoms with van der Waals surface area (Å²) >= 11 is 0. The molecule has 3 nitrogen and oxygen atoms in total. The van der Waals surface area contributed by atoms with Crippen LogP contribution in [0.3, 0.4) is 0 Å². The van der Waals surface area contributed by atoms with Crippen LogP contribution in [0.5, 0.6) is 0 Å². The Kier molecular flexibility index (Phi) is 3.48. The van der Waals surface area contributed by atoms with Gasteiger partial charge in [-0.15, -0.1) is 0 Å². The maximum atomic E-state index is 12.0. The number of carbonyl (C=O) groups excluding carboxylic acids is 1. The molecule has 2 rings (SSSR count). The lowest BCUT2D eigenvalue weighted by Gasteiger charge is -2.29. The van der Waals surface area contributed by atoms with Crippen molar-refractivity contribution >= 4 is 5.97 Å². The molecule has 17 heavy (non-hydrogen) atoms. The molecule has 3 heteroatoms. The van der Waals surface area contributed by atoms with Crippen LogP contribution in [0.1, 0.15) is 19.4 Å². The predicted molar refractivity (Wildman–Crippen MR) is 66.8 cm³/mol. The highest BCUT2D eigenvalue weighted by Crippen LogP contribution is 2.35. The number of rotatable bonds is 3. The molecule has 92 valence electrons. The summed E-state index contributed by atoms with van der Waals surface area (Å²) in [5.41, 5.74) is 1.04. The Hall–Kier alpha value is -1.35. The smallest absolute Gasteiger partial charge is 0.311 e. The van der Waals surface area contributed by atoms with Crippen LogP contribution in [-0.2, 0) is 14.9 Å². The molecule has 0 saturated carbocycles. The third-order valence-electron chi connectivity index (χ3n) is 3.61. The van der Waals surface area contributed by atoms with Gasteiger partial charge >= 0.3 is 5.97 Å². The van der Waals surface area contributed by atoms with Gasteiger partial charge in [-0.1, -0.05) is 37.3 Å². The Morgan fingerprint density at radius 1 is 1.47 bits per heavy atom. The Morgan fingerprint density at radius 3 is 2.82 bits per heavy atom. The maximum Gasteiger partial charge on any atom is 0.311 e. The molecule has 0 radical (unpaired) electrons. The van der Waals surface area contributed by atoms with Crippen LogP contribution in [0.15, 0.2) is 30.3 Å². The Bertz CT molecular complexity index is 390. The van der Waals surface area contributed by atoms with Gasteiger partial charge in [0.2, 0.25) is 0 Å². The molecule has 1 aromatic rings. The molecule has 0 spiro atoms. The van der Waals surface area contributed by atoms with Gasteiger partial charge in [0.15, 0.2) is 0 Å². The first kappa shape index (κ1) is 12.1. The van der Waals surface area contributed by atoms with Crippen molar-refractivity contribution in [2.45, 2.75) is 19.3 Å². The number of nitrogens with one attached hydrogen (secondary N) is 1. The van der Waals surface area contributed by atoms with Crippen LogP contribution in [0.25, 0.3) is 0 Å². The van der Waals surface area contributed by atoms with Gasteiger partial charge in [0.05, 0.1) is 12.5 Å². The minimum atomic E-state index is -0.159. The minimum absolute atomic E-state index is 0.0927. The van der Waals surface area contributed by atoms with Crippen LogP contribution < -0.4 is 5.32 Å². The molecule has 0 aromatic heterocycles. The molecular formula is C14H19NO2. The van der Waals surface area contributed by atoms with E-state index in [1.807, 2.05) is 25.1 Å². The number of carbonyl (C=O) groups is 1. The summed E-state index contributed by atoms with van der Waals surface area (Å²) in [6.07, 6.45) is 0. The van der Waals surface area contributed by atoms with Crippen molar-refractivity contribution in [3.63, 3.8) is 0 Å². The molecule has 1 fully saturated rings. The summed E-state index contributed by atoms with van der Waals surface area (Å²) in [7, 11) is 0. The van der Waals surface area contributed by atoms with Crippen LogP contribution in [0, 0.1) is 5.92 Å². The zero-order chi connectivity index (χ0) is 12.3. The van der Waals surface area contributed by atoms with E-state index in [9.17, 15) is 4.79 Å². The minimum Gasteiger partial charge on any atom is -0.466 e. The molecule has 0 bridgehead atoms. The van der Waals surface area contributed by atoms with E-state index < -0.39 is 0 Å². The predicted octanol–water partition coefficient (Wildman–Crippen LogP) is 1.73. The molecule has 1 heterocycles. The van der Waals surface area contributed by atoms with Crippen molar-refractivity contribution in [3.05, 3.63) is 35.9 Å². The Morgan fingerprint density at radius 2 is 2.18 bits per heavy atom. The van der Waals surface area contributed by atoms with Gasteiger partial charge < -0.3 is 10.1 Å². The average molecular weight is 233 g/mol. The first-order valence-corrected chi connectivity index (χ1v) is 6.11. The second kappa shape index (κ2) is 4.88. The summed E-state index contributed by atoms with van der Waals surface area (Å²) in [6.45, 7) is 5.94. The van der Waals surface area contributed by atoms with E-state index in [2.05, 4.69) is 24.4 Å². The second-order valence-electron chi connectivity index (χ2n) is 4.72. The lowest BCUT2D eigenvalue weighted by Crippen LogP contribution is -2.37. The van der Waals surface area contributed by atoms with Gasteiger partial charge in [-0.25, -0.2) is 0 Å². The van der Waals surface area contributed by atoms with Gasteiger partial charge in [0.25, 0.3) is 0 Å². The summed E-state index contributed by atoms with van der Waals surface area (Å²) in [5, 5.41) is 3.30. The van der Waals surface area contributed by atoms with Crippen molar-refractivity contribution in [2.75, 3.05) is 19.7 Å². The SMILES string of the molecule is CCOC(=O)C1CNCC1(C)c1ccccc1. The van der Waals surface area contributed by atoms with Crippen molar-refractivity contribution in [1.82, 2.24) is 5.32 Å². The number of benzene rings is 1. The van der Waals surface area contributed by atoms with E-state index in [1.54, 1.807) is 0 Å². The van der Waals surface area contributed by atoms with Gasteiger partial charge in [-0.3, -0.25) is 4.79 Å². The van der Waals surface area contributed by atoms with Crippen LogP contribution >= 0.6 is 0 Å². The van der Waals surface area contributed by atoms with E-state index >= 15 is 0 Å². The fourth-order valence-corrected chi connectivity index (χ4v) is 2.53. The Labute approximate surface area is 102 Å². The van der Waals surface area contributed by atoms with Crippen LogP contribution in [-0.4, -0.2) is 25.7 Å². The number of esters is 1. The van der Waals surface area contributed by atoms with Crippen molar-refractivity contribution in [2.24, 2.45) is 5.92 Å². The summed E-state index contributed by atoms with van der Waals surface area (Å²) in [6, 6.07) is 10.2. The van der Waals surface area contributed by atoms with Crippen molar-refractivity contribution < 1.29 is 9.53 Å². The lowest BCUT2D eigenvalue weighted by molar-refractivity contribution is -0.149. The van der Waals surface area contributed by atoms with Crippen LogP contribution in [0.4, 0.5) is 0 Å². The first-order chi connectivity index (χ1) is 8.18. The quantitative estimate of drug-likeness (QED) is 0.808. The molecule has 1 aliphatic heterocycles. The third kappa shape index (κ3) is 2.20. The van der Waals surface area contributed by atoms with Gasteiger partial charge in [0.1, 0.15) is 0 Å². The monoisotopic (exact) mass is 233 g/mol. The van der Waals surface area contributed by atoms with Gasteiger partial charge in [-0.05, 0) is 12.5 Å². The summed E-state index contributed by atoms with van der Waals surface area (Å²) in [4.78, 5) is 12.0. The average Bonchev–Trinajstić information content (AvgIpc) is 2.74. The lowest BCUT2D eigenvalue weighted by atomic mass is 9.74. The summed E-state index contributed by atoms with van der Waals surface area (Å²) < 4.78 is 5.16. The molecule has 0 aliphatic carbocycles. The molecule has 0 amide bonds. The normalized spacial score (nSPS) is 28.0. The molecule has 1 aliphatic rings. The number of ether oxygens (including phenoxy) is 1. The number of hydrogen-bond acceptors (Lipinski definition) is 3. The molecular weight excluding hydrogens is 214 g/mol. The van der Waals surface area contributed by atoms with E-state index in [0.29, 0.717) is 13.2 Å². The molecule has 1 aromatic carbocycles. The Balaban J connectivity index is 2.26. The molecule has 1 N–H and O–H groups in total. The first-order valence-electron chi connectivity index (χ1n) is 6.11. The highest BCUT2D eigenvalue weighted by atomic mass is 16.5.